The van der Waals surface area contributed by atoms with Gasteiger partial charge in [0.2, 0.25) is 12.2 Å². The number of anilines is 1. The average molecular weight is 193 g/mol. The molecule has 1 aromatic rings. The van der Waals surface area contributed by atoms with Crippen LogP contribution in [0.15, 0.2) is 18.5 Å². The predicted octanol–water partition coefficient (Wildman–Crippen LogP) is 0.769. The maximum absolute atomic E-state index is 11.8. The molecule has 0 saturated heterocycles. The van der Waals surface area contributed by atoms with Crippen LogP contribution in [0.4, 0.5) is 19.1 Å². The van der Waals surface area contributed by atoms with Crippen LogP contribution in [0.2, 0.25) is 0 Å². The summed E-state index contributed by atoms with van der Waals surface area (Å²) in [5.41, 5.74) is 0. The molecule has 0 aromatic carbocycles. The molecule has 0 fully saturated rings. The van der Waals surface area contributed by atoms with E-state index < -0.39 is 12.4 Å². The van der Waals surface area contributed by atoms with Gasteiger partial charge in [-0.2, -0.15) is 13.2 Å². The molecule has 2 N–H and O–H groups in total. The Morgan fingerprint density at radius 2 is 1.85 bits per heavy atom. The fourth-order valence-corrected chi connectivity index (χ4v) is 0.578. The summed E-state index contributed by atoms with van der Waals surface area (Å²) in [5, 5.41) is 10.2. The minimum atomic E-state index is -4.72. The second-order valence-electron chi connectivity index (χ2n) is 2.16. The highest BCUT2D eigenvalue weighted by Crippen LogP contribution is 2.20. The third-order valence-electron chi connectivity index (χ3n) is 1.14. The number of aromatic nitrogens is 2. The number of rotatable bonds is 2. The summed E-state index contributed by atoms with van der Waals surface area (Å²) in [7, 11) is 0. The molecule has 0 bridgehead atoms. The second kappa shape index (κ2) is 3.56. The number of alkyl halides is 3. The van der Waals surface area contributed by atoms with E-state index in [0.717, 1.165) is 0 Å². The van der Waals surface area contributed by atoms with Crippen LogP contribution in [0.3, 0.4) is 0 Å². The fourth-order valence-electron chi connectivity index (χ4n) is 0.578. The molecule has 0 radical (unpaired) electrons. The molecule has 13 heavy (non-hydrogen) atoms. The number of hydrogen-bond donors (Lipinski definition) is 2. The van der Waals surface area contributed by atoms with Crippen LogP contribution in [0, 0.1) is 0 Å². The molecule has 0 saturated carbocycles. The van der Waals surface area contributed by atoms with Crippen LogP contribution < -0.4 is 5.32 Å². The first-order chi connectivity index (χ1) is 6.00. The summed E-state index contributed by atoms with van der Waals surface area (Å²) < 4.78 is 35.3. The molecule has 0 aliphatic rings. The van der Waals surface area contributed by atoms with Crippen LogP contribution in [0.5, 0.6) is 0 Å². The first kappa shape index (κ1) is 9.72. The van der Waals surface area contributed by atoms with Crippen LogP contribution in [-0.2, 0) is 0 Å². The van der Waals surface area contributed by atoms with Gasteiger partial charge in [-0.1, -0.05) is 0 Å². The first-order valence-corrected chi connectivity index (χ1v) is 3.28. The van der Waals surface area contributed by atoms with Gasteiger partial charge in [0.25, 0.3) is 0 Å². The number of aliphatic hydroxyl groups excluding tert-OH is 1. The molecule has 4 nitrogen and oxygen atoms in total. The van der Waals surface area contributed by atoms with Crippen molar-refractivity contribution in [2.24, 2.45) is 0 Å². The SMILES string of the molecule is O[C@@H](Nc1ncccn1)C(F)(F)F. The molecule has 0 aliphatic carbocycles. The molecular weight excluding hydrogens is 187 g/mol. The predicted molar refractivity (Wildman–Crippen MR) is 37.7 cm³/mol. The minimum absolute atomic E-state index is 0.271. The Morgan fingerprint density at radius 3 is 2.31 bits per heavy atom. The number of nitrogens with zero attached hydrogens (tertiary/aromatic N) is 2. The maximum atomic E-state index is 11.8. The lowest BCUT2D eigenvalue weighted by Crippen LogP contribution is -2.36. The van der Waals surface area contributed by atoms with E-state index >= 15 is 0 Å². The highest BCUT2D eigenvalue weighted by atomic mass is 19.4. The van der Waals surface area contributed by atoms with E-state index in [9.17, 15) is 13.2 Å². The lowest BCUT2D eigenvalue weighted by Gasteiger charge is -2.15. The van der Waals surface area contributed by atoms with Crippen molar-refractivity contribution in [3.8, 4) is 0 Å². The van der Waals surface area contributed by atoms with E-state index in [0.29, 0.717) is 0 Å². The number of nitrogens with one attached hydrogen (secondary N) is 1. The van der Waals surface area contributed by atoms with E-state index in [1.54, 1.807) is 5.32 Å². The quantitative estimate of drug-likeness (QED) is 0.681. The van der Waals surface area contributed by atoms with E-state index in [1.165, 1.54) is 18.5 Å². The third-order valence-corrected chi connectivity index (χ3v) is 1.14. The molecule has 1 rings (SSSR count). The van der Waals surface area contributed by atoms with Crippen molar-refractivity contribution in [2.75, 3.05) is 5.32 Å². The lowest BCUT2D eigenvalue weighted by molar-refractivity contribution is -0.194. The van der Waals surface area contributed by atoms with Gasteiger partial charge < -0.3 is 10.4 Å². The monoisotopic (exact) mass is 193 g/mol. The van der Waals surface area contributed by atoms with Gasteiger partial charge in [0.1, 0.15) is 0 Å². The summed E-state index contributed by atoms with van der Waals surface area (Å²) in [6.07, 6.45) is -4.84. The molecular formula is C6H6F3N3O. The summed E-state index contributed by atoms with van der Waals surface area (Å²) in [6, 6.07) is 1.45. The zero-order valence-electron chi connectivity index (χ0n) is 6.28. The molecule has 0 aliphatic heterocycles. The van der Waals surface area contributed by atoms with E-state index in [2.05, 4.69) is 9.97 Å². The summed E-state index contributed by atoms with van der Waals surface area (Å²) in [6.45, 7) is 0. The summed E-state index contributed by atoms with van der Waals surface area (Å²) >= 11 is 0. The minimum Gasteiger partial charge on any atom is -0.366 e. The van der Waals surface area contributed by atoms with Crippen molar-refractivity contribution >= 4 is 5.95 Å². The Morgan fingerprint density at radius 1 is 1.31 bits per heavy atom. The molecule has 1 heterocycles. The van der Waals surface area contributed by atoms with Crippen molar-refractivity contribution < 1.29 is 18.3 Å². The zero-order chi connectivity index (χ0) is 9.90. The third kappa shape index (κ3) is 2.86. The van der Waals surface area contributed by atoms with E-state index in [-0.39, 0.29) is 5.95 Å². The van der Waals surface area contributed by atoms with Crippen molar-refractivity contribution in [3.05, 3.63) is 18.5 Å². The molecule has 1 aromatic heterocycles. The molecule has 0 spiro atoms. The normalized spacial score (nSPS) is 13.8. The van der Waals surface area contributed by atoms with Crippen LogP contribution >= 0.6 is 0 Å². The number of hydrogen-bond acceptors (Lipinski definition) is 4. The highest BCUT2D eigenvalue weighted by Gasteiger charge is 2.38. The van der Waals surface area contributed by atoms with Crippen LogP contribution in [0.25, 0.3) is 0 Å². The standard InChI is InChI=1S/C6H6F3N3O/c7-6(8,9)4(13)12-5-10-2-1-3-11-5/h1-4,13H,(H,10,11,12)/t4-/m1/s1. The Hall–Kier alpha value is -1.37. The molecule has 72 valence electrons. The van der Waals surface area contributed by atoms with Gasteiger partial charge in [0.05, 0.1) is 0 Å². The Kier molecular flexibility index (Phi) is 2.66. The van der Waals surface area contributed by atoms with E-state index in [4.69, 9.17) is 5.11 Å². The van der Waals surface area contributed by atoms with Crippen molar-refractivity contribution in [1.82, 2.24) is 9.97 Å². The highest BCUT2D eigenvalue weighted by molar-refractivity contribution is 5.23. The van der Waals surface area contributed by atoms with Crippen LogP contribution in [-0.4, -0.2) is 27.5 Å². The largest absolute Gasteiger partial charge is 0.433 e. The number of halogens is 3. The Bertz CT molecular complexity index is 264. The maximum Gasteiger partial charge on any atom is 0.433 e. The van der Waals surface area contributed by atoms with Gasteiger partial charge in [-0.05, 0) is 6.07 Å². The van der Waals surface area contributed by atoms with Gasteiger partial charge in [-0.25, -0.2) is 9.97 Å². The van der Waals surface area contributed by atoms with Crippen molar-refractivity contribution in [2.45, 2.75) is 12.4 Å². The summed E-state index contributed by atoms with van der Waals surface area (Å²) in [5.74, 6) is -0.271. The van der Waals surface area contributed by atoms with Gasteiger partial charge in [0.15, 0.2) is 0 Å². The fraction of sp³-hybridized carbons (Fsp3) is 0.333. The molecule has 0 unspecified atom stereocenters. The van der Waals surface area contributed by atoms with Gasteiger partial charge >= 0.3 is 6.18 Å². The second-order valence-corrected chi connectivity index (χ2v) is 2.16. The van der Waals surface area contributed by atoms with E-state index in [1.807, 2.05) is 0 Å². The average Bonchev–Trinajstić information content (AvgIpc) is 2.04. The Balaban J connectivity index is 2.61. The topological polar surface area (TPSA) is 58.0 Å². The Labute approximate surface area is 71.4 Å². The molecule has 7 heteroatoms. The zero-order valence-corrected chi connectivity index (χ0v) is 6.28. The number of aliphatic hydroxyl groups is 1. The van der Waals surface area contributed by atoms with Gasteiger partial charge in [-0.15, -0.1) is 0 Å². The van der Waals surface area contributed by atoms with Crippen molar-refractivity contribution in [1.29, 1.82) is 0 Å². The summed E-state index contributed by atoms with van der Waals surface area (Å²) in [4.78, 5) is 6.90. The van der Waals surface area contributed by atoms with Gasteiger partial charge in [-0.3, -0.25) is 0 Å². The van der Waals surface area contributed by atoms with Gasteiger partial charge in [0, 0.05) is 12.4 Å². The molecule has 1 atom stereocenters. The first-order valence-electron chi connectivity index (χ1n) is 3.28. The van der Waals surface area contributed by atoms with Crippen LogP contribution in [0.1, 0.15) is 0 Å². The smallest absolute Gasteiger partial charge is 0.366 e. The lowest BCUT2D eigenvalue weighted by atomic mass is 10.5. The molecule has 0 amide bonds. The van der Waals surface area contributed by atoms with Crippen molar-refractivity contribution in [3.63, 3.8) is 0 Å².